The average Bonchev–Trinajstić information content (AvgIpc) is 3.38. The molecular weight excluding hydrogens is 892 g/mol. The Morgan fingerprint density at radius 3 is 1.95 bits per heavy atom. The van der Waals surface area contributed by atoms with Gasteiger partial charge in [-0.3, -0.25) is 47.1 Å². The molecule has 2 aliphatic rings. The molecule has 10 atom stereocenters. The first kappa shape index (κ1) is 50.6. The lowest BCUT2D eigenvalue weighted by Crippen LogP contribution is -2.44. The number of hydrogen-bond donors (Lipinski definition) is 3. The van der Waals surface area contributed by atoms with E-state index in [0.717, 1.165) is 0 Å². The molecule has 0 aliphatic carbocycles. The summed E-state index contributed by atoms with van der Waals surface area (Å²) < 4.78 is 102. The second-order valence-electron chi connectivity index (χ2n) is 11.3. The summed E-state index contributed by atoms with van der Waals surface area (Å²) in [5.41, 5.74) is 8.29. The van der Waals surface area contributed by atoms with Crippen LogP contribution in [0.15, 0.2) is 16.8 Å². The number of carbonyl (C=O) groups is 3. The molecule has 0 aromatic rings. The number of azide groups is 1. The molecule has 1 saturated heterocycles. The largest absolute Gasteiger partial charge is 0.756 e. The average molecular weight is 925 g/mol. The lowest BCUT2D eigenvalue weighted by Gasteiger charge is -2.38. The number of phosphoric acid groups is 6. The zero-order valence-corrected chi connectivity index (χ0v) is 33.9. The number of amides is 3. The van der Waals surface area contributed by atoms with E-state index in [4.69, 9.17) is 10.3 Å². The normalized spacial score (nSPS) is 26.5. The quantitative estimate of drug-likeness (QED) is 0.0220. The minimum absolute atomic E-state index is 0.0306. The minimum Gasteiger partial charge on any atom is -0.756 e. The number of imide groups is 1. The zero-order valence-electron chi connectivity index (χ0n) is 28.5. The van der Waals surface area contributed by atoms with Crippen LogP contribution >= 0.6 is 46.9 Å². The first-order chi connectivity index (χ1) is 25.7. The molecule has 29 nitrogen and oxygen atoms in total. The fraction of sp³-hybridized carbons (Fsp3) is 0.762. The highest BCUT2D eigenvalue weighted by Crippen LogP contribution is 2.70. The molecule has 7 unspecified atom stereocenters. The number of rotatable bonds is 26. The van der Waals surface area contributed by atoms with Crippen LogP contribution in [0.2, 0.25) is 0 Å². The molecule has 3 N–H and O–H groups in total. The van der Waals surface area contributed by atoms with E-state index in [9.17, 15) is 76.2 Å². The van der Waals surface area contributed by atoms with Crippen LogP contribution in [0.25, 0.3) is 10.4 Å². The van der Waals surface area contributed by atoms with Crippen LogP contribution in [0.1, 0.15) is 51.9 Å². The summed E-state index contributed by atoms with van der Waals surface area (Å²) in [5, 5.41) is 18.1. The summed E-state index contributed by atoms with van der Waals surface area (Å²) in [7, 11) is -39.3. The lowest BCUT2D eigenvalue weighted by atomic mass is 9.93. The van der Waals surface area contributed by atoms with Gasteiger partial charge in [0.1, 0.15) is 6.10 Å². The second-order valence-corrected chi connectivity index (χ2v) is 20.4. The summed E-state index contributed by atoms with van der Waals surface area (Å²) in [6.07, 6.45) is -1.71. The first-order valence-electron chi connectivity index (χ1n) is 15.5. The lowest BCUT2D eigenvalue weighted by molar-refractivity contribution is -0.256. The third-order valence-corrected chi connectivity index (χ3v) is 15.7. The van der Waals surface area contributed by atoms with E-state index in [-0.39, 0.29) is 50.3 Å². The maximum absolute atomic E-state index is 12.1. The van der Waals surface area contributed by atoms with Crippen molar-refractivity contribution < 1.29 is 112 Å². The van der Waals surface area contributed by atoms with Gasteiger partial charge in [-0.05, 0) is 31.7 Å². The van der Waals surface area contributed by atoms with Crippen LogP contribution in [0.5, 0.6) is 0 Å². The van der Waals surface area contributed by atoms with Gasteiger partial charge in [0.15, 0.2) is 0 Å². The van der Waals surface area contributed by atoms with Crippen LogP contribution in [0.4, 0.5) is 0 Å². The van der Waals surface area contributed by atoms with Gasteiger partial charge in [0.25, 0.3) is 52.8 Å². The molecule has 0 radical (unpaired) electrons. The molecule has 0 spiro atoms. The van der Waals surface area contributed by atoms with Crippen LogP contribution in [0.3, 0.4) is 0 Å². The summed E-state index contributed by atoms with van der Waals surface area (Å²) in [5.74, 6) is -2.90. The Bertz CT molecular complexity index is 1810. The van der Waals surface area contributed by atoms with Gasteiger partial charge in [0, 0.05) is 36.4 Å². The molecule has 322 valence electrons. The fourth-order valence-corrected chi connectivity index (χ4v) is 12.0. The summed E-state index contributed by atoms with van der Waals surface area (Å²) in [6.45, 7) is -0.145. The molecule has 2 aliphatic heterocycles. The third kappa shape index (κ3) is 19.5. The monoisotopic (exact) mass is 925 g/mol. The van der Waals surface area contributed by atoms with Gasteiger partial charge in [-0.25, -0.2) is 21.6 Å². The van der Waals surface area contributed by atoms with E-state index >= 15 is 0 Å². The predicted molar refractivity (Wildman–Crippen MR) is 167 cm³/mol. The highest BCUT2D eigenvalue weighted by atomic mass is 31.3. The number of ether oxygens (including phenoxy) is 1. The molecule has 2 heterocycles. The van der Waals surface area contributed by atoms with E-state index in [1.165, 1.54) is 13.0 Å². The van der Waals surface area contributed by atoms with E-state index in [2.05, 4.69) is 45.9 Å². The van der Waals surface area contributed by atoms with Crippen molar-refractivity contribution in [2.45, 2.75) is 70.2 Å². The zero-order chi connectivity index (χ0) is 42.6. The minimum atomic E-state index is -6.93. The van der Waals surface area contributed by atoms with E-state index in [1.807, 2.05) is 5.32 Å². The van der Waals surface area contributed by atoms with Crippen molar-refractivity contribution >= 4 is 64.7 Å². The third-order valence-electron chi connectivity index (χ3n) is 6.75. The van der Waals surface area contributed by atoms with Crippen LogP contribution in [-0.2, 0) is 77.1 Å². The summed E-state index contributed by atoms with van der Waals surface area (Å²) in [4.78, 5) is 109. The van der Waals surface area contributed by atoms with Crippen molar-refractivity contribution in [2.75, 3.05) is 26.3 Å². The smallest absolute Gasteiger partial charge is 0.280 e. The van der Waals surface area contributed by atoms with Crippen molar-refractivity contribution in [3.8, 4) is 0 Å². The van der Waals surface area contributed by atoms with Crippen LogP contribution < -0.4 is 40.0 Å². The maximum atomic E-state index is 12.1. The van der Waals surface area contributed by atoms with Crippen molar-refractivity contribution in [1.29, 1.82) is 0 Å². The molecule has 0 bridgehead atoms. The number of hydrogen-bond acceptors (Lipinski definition) is 25. The Morgan fingerprint density at radius 2 is 1.39 bits per heavy atom. The second kappa shape index (κ2) is 21.6. The van der Waals surface area contributed by atoms with E-state index in [0.29, 0.717) is 19.3 Å². The summed E-state index contributed by atoms with van der Waals surface area (Å²) in [6, 6.07) is 0. The van der Waals surface area contributed by atoms with Crippen LogP contribution in [-0.4, -0.2) is 67.4 Å². The Kier molecular flexibility index (Phi) is 19.5. The number of carbonyl (C=O) groups excluding carboxylic acids is 3. The summed E-state index contributed by atoms with van der Waals surface area (Å²) >= 11 is 0. The molecule has 3 amide bonds. The SMILES string of the molecule is CC1=CC([C@@H]2C[C@H](O)[C@H](COP(=O)([O-])OP(=O)([O-])OP(=O)([O-])OP(=O)([O-])OP(=O)([O-])OP(=O)([O-])OCCCCCCNC(=O)CCCN=[N+]=[N-])O2)C(=O)NC1=O. The number of nitrogens with one attached hydrogen (secondary N) is 2. The fourth-order valence-electron chi connectivity index (χ4n) is 4.44. The predicted octanol–water partition coefficient (Wildman–Crippen LogP) is -1.58. The van der Waals surface area contributed by atoms with Gasteiger partial charge in [-0.2, -0.15) is 0 Å². The molecule has 0 aromatic carbocycles. The van der Waals surface area contributed by atoms with Gasteiger partial charge in [0.2, 0.25) is 11.8 Å². The topological polar surface area (TPSA) is 459 Å². The number of aliphatic hydroxyl groups excluding tert-OH is 1. The molecule has 35 heteroatoms. The van der Waals surface area contributed by atoms with Crippen molar-refractivity contribution in [3.63, 3.8) is 0 Å². The maximum Gasteiger partial charge on any atom is 0.280 e. The molecule has 56 heavy (non-hydrogen) atoms. The van der Waals surface area contributed by atoms with Crippen molar-refractivity contribution in [1.82, 2.24) is 10.6 Å². The Balaban J connectivity index is 1.80. The number of nitrogens with zero attached hydrogens (tertiary/aromatic N) is 3. The van der Waals surface area contributed by atoms with E-state index < -0.39 is 96.2 Å². The Morgan fingerprint density at radius 1 is 0.875 bits per heavy atom. The molecule has 0 saturated carbocycles. The number of aliphatic hydroxyl groups is 1. The Labute approximate surface area is 316 Å². The molecular formula is C21H33N5O24P6-6. The van der Waals surface area contributed by atoms with Gasteiger partial charge >= 0.3 is 0 Å². The highest BCUT2D eigenvalue weighted by molar-refractivity contribution is 7.71. The molecule has 1 fully saturated rings. The standard InChI is InChI=1S/C21H39N5O24P6/c1-14-11-15(21(30)25-20(14)29)17-12-16(27)18(45-17)13-44-52(33,34)47-54(37,38)49-56(41,42)50-55(39,40)48-53(35,36)46-51(31,32)43-10-5-3-2-4-8-23-19(28)7-6-9-24-26-22/h11,15-18,27H,2-10,12-13H2,1H3,(H,23,28)(H,31,32)(H,33,34)(H,35,36)(H,37,38)(H,39,40)(H,41,42)(H,25,29,30)/p-6/t15?,16-,17-,18-/m0/s1. The van der Waals surface area contributed by atoms with Gasteiger partial charge in [-0.1, -0.05) is 24.0 Å². The van der Waals surface area contributed by atoms with Crippen molar-refractivity contribution in [3.05, 3.63) is 22.1 Å². The number of unbranched alkanes of at least 4 members (excludes halogenated alkanes) is 3. The van der Waals surface area contributed by atoms with Gasteiger partial charge in [0.05, 0.1) is 31.3 Å². The highest BCUT2D eigenvalue weighted by Gasteiger charge is 2.43. The van der Waals surface area contributed by atoms with Crippen LogP contribution in [0, 0.1) is 5.92 Å². The first-order valence-corrected chi connectivity index (χ1v) is 24.3. The van der Waals surface area contributed by atoms with Gasteiger partial charge < -0.3 is 53.6 Å². The molecule has 0 aromatic heterocycles. The number of phosphoric ester groups is 2. The van der Waals surface area contributed by atoms with Crippen molar-refractivity contribution in [2.24, 2.45) is 11.0 Å². The Hall–Kier alpha value is -1.56. The van der Waals surface area contributed by atoms with E-state index in [1.54, 1.807) is 0 Å². The molecule has 2 rings (SSSR count). The van der Waals surface area contributed by atoms with Gasteiger partial charge in [-0.15, -0.1) is 0 Å².